The number of hydrogen-bond donors (Lipinski definition) is 5. The van der Waals surface area contributed by atoms with Crippen LogP contribution in [-0.2, 0) is 28.0 Å². The van der Waals surface area contributed by atoms with Gasteiger partial charge < -0.3 is 29.8 Å². The van der Waals surface area contributed by atoms with Crippen LogP contribution in [0, 0.1) is 0 Å². The molecule has 1 aliphatic rings. The van der Waals surface area contributed by atoms with Gasteiger partial charge in [-0.2, -0.15) is 0 Å². The summed E-state index contributed by atoms with van der Waals surface area (Å²) in [7, 11) is 1.89. The lowest BCUT2D eigenvalue weighted by molar-refractivity contribution is -0.123. The molecule has 1 unspecified atom stereocenters. The molecule has 3 heterocycles. The van der Waals surface area contributed by atoms with Crippen LogP contribution in [0.5, 0.6) is 0 Å². The van der Waals surface area contributed by atoms with Crippen molar-refractivity contribution in [2.45, 2.75) is 44.6 Å². The van der Waals surface area contributed by atoms with Gasteiger partial charge in [-0.1, -0.05) is 36.4 Å². The Hall–Kier alpha value is -4.25. The van der Waals surface area contributed by atoms with E-state index in [-0.39, 0.29) is 37.4 Å². The second kappa shape index (κ2) is 11.1. The Kier molecular flexibility index (Phi) is 7.57. The van der Waals surface area contributed by atoms with E-state index < -0.39 is 30.1 Å². The summed E-state index contributed by atoms with van der Waals surface area (Å²) in [5.74, 6) is -1.24. The Morgan fingerprint density at radius 3 is 2.08 bits per heavy atom. The van der Waals surface area contributed by atoms with Crippen LogP contribution in [0.25, 0.3) is 33.0 Å². The van der Waals surface area contributed by atoms with Crippen LogP contribution >= 0.6 is 0 Å². The van der Waals surface area contributed by atoms with E-state index in [2.05, 4.69) is 10.6 Å². The molecule has 0 bridgehead atoms. The van der Waals surface area contributed by atoms with E-state index in [1.165, 1.54) is 6.92 Å². The van der Waals surface area contributed by atoms with E-state index in [1.54, 1.807) is 6.20 Å². The molecule has 0 fully saturated rings. The minimum absolute atomic E-state index is 0.0763. The number of amides is 3. The molecule has 5 rings (SSSR count). The van der Waals surface area contributed by atoms with Gasteiger partial charge >= 0.3 is 0 Å². The van der Waals surface area contributed by atoms with Crippen molar-refractivity contribution in [3.05, 3.63) is 72.1 Å². The number of benzene rings is 2. The molecule has 1 aliphatic heterocycles. The zero-order valence-electron chi connectivity index (χ0n) is 22.3. The number of rotatable bonds is 10. The lowest BCUT2D eigenvalue weighted by Crippen LogP contribution is -2.38. The van der Waals surface area contributed by atoms with Crippen LogP contribution in [-0.4, -0.2) is 67.0 Å². The van der Waals surface area contributed by atoms with E-state index in [9.17, 15) is 29.7 Å². The third kappa shape index (κ3) is 5.16. The summed E-state index contributed by atoms with van der Waals surface area (Å²) in [6, 6.07) is 15.2. The van der Waals surface area contributed by atoms with Crippen molar-refractivity contribution >= 4 is 50.7 Å². The molecular formula is C30H32N4O6. The first-order valence-electron chi connectivity index (χ1n) is 13.2. The lowest BCUT2D eigenvalue weighted by Gasteiger charge is -2.20. The molecule has 2 aromatic carbocycles. The molecule has 2 aromatic heterocycles. The molecule has 0 aliphatic carbocycles. The number of fused-ring (bicyclic) bond motifs is 2. The van der Waals surface area contributed by atoms with Gasteiger partial charge in [0.25, 0.3) is 11.8 Å². The predicted octanol–water partition coefficient (Wildman–Crippen LogP) is 1.70. The number of aliphatic hydroxyl groups is 3. The highest BCUT2D eigenvalue weighted by Gasteiger charge is 2.35. The first-order chi connectivity index (χ1) is 19.2. The molecule has 3 amide bonds. The number of imide groups is 1. The number of carbonyl (C=O) groups excluding carboxylic acids is 3. The molecule has 0 radical (unpaired) electrons. The van der Waals surface area contributed by atoms with E-state index in [0.29, 0.717) is 16.7 Å². The zero-order chi connectivity index (χ0) is 28.6. The highest BCUT2D eigenvalue weighted by molar-refractivity contribution is 6.50. The number of hydrogen-bond acceptors (Lipinski definition) is 6. The maximum Gasteiger partial charge on any atom is 0.259 e. The predicted molar refractivity (Wildman–Crippen MR) is 151 cm³/mol. The van der Waals surface area contributed by atoms with E-state index in [0.717, 1.165) is 21.8 Å². The second-order valence-electron chi connectivity index (χ2n) is 10.2. The maximum absolute atomic E-state index is 13.2. The summed E-state index contributed by atoms with van der Waals surface area (Å²) in [6.45, 7) is 1.42. The van der Waals surface area contributed by atoms with Gasteiger partial charge in [0.1, 0.15) is 0 Å². The molecule has 3 atom stereocenters. The topological polar surface area (TPSA) is 146 Å². The Bertz CT molecular complexity index is 1650. The van der Waals surface area contributed by atoms with E-state index >= 15 is 0 Å². The Morgan fingerprint density at radius 1 is 0.850 bits per heavy atom. The minimum atomic E-state index is -1.15. The highest BCUT2D eigenvalue weighted by atomic mass is 16.3. The number of nitrogens with zero attached hydrogens (tertiary/aromatic N) is 2. The average molecular weight is 545 g/mol. The molecule has 10 nitrogen and oxygen atoms in total. The molecule has 0 saturated heterocycles. The highest BCUT2D eigenvalue weighted by Crippen LogP contribution is 2.38. The van der Waals surface area contributed by atoms with Crippen LogP contribution in [0.15, 0.2) is 60.9 Å². The third-order valence-electron chi connectivity index (χ3n) is 7.36. The van der Waals surface area contributed by atoms with Gasteiger partial charge in [0.2, 0.25) is 5.91 Å². The monoisotopic (exact) mass is 544 g/mol. The summed E-state index contributed by atoms with van der Waals surface area (Å²) in [5.41, 5.74) is 3.55. The summed E-state index contributed by atoms with van der Waals surface area (Å²) >= 11 is 0. The largest absolute Gasteiger partial charge is 0.391 e. The van der Waals surface area contributed by atoms with Crippen LogP contribution in [0.1, 0.15) is 30.9 Å². The number of nitrogens with one attached hydrogen (secondary N) is 2. The quantitative estimate of drug-likeness (QED) is 0.192. The van der Waals surface area contributed by atoms with Crippen LogP contribution < -0.4 is 10.6 Å². The zero-order valence-corrected chi connectivity index (χ0v) is 22.3. The SMILES string of the molecule is CC(=O)NC[C@@H](O)[C@@H](O)CCC(O)Cn1cc(C2=C(c3cn(C)c4ccccc34)C(=O)NC2=O)c2ccccc21. The Morgan fingerprint density at radius 2 is 1.43 bits per heavy atom. The lowest BCUT2D eigenvalue weighted by atomic mass is 9.95. The summed E-state index contributed by atoms with van der Waals surface area (Å²) in [6.07, 6.45) is 0.830. The van der Waals surface area contributed by atoms with Gasteiger partial charge in [0, 0.05) is 72.4 Å². The van der Waals surface area contributed by atoms with Crippen molar-refractivity contribution < 1.29 is 29.7 Å². The van der Waals surface area contributed by atoms with E-state index in [1.807, 2.05) is 70.9 Å². The number of aromatic nitrogens is 2. The van der Waals surface area contributed by atoms with Crippen molar-refractivity contribution in [2.75, 3.05) is 6.54 Å². The van der Waals surface area contributed by atoms with Gasteiger partial charge in [-0.05, 0) is 25.0 Å². The van der Waals surface area contributed by atoms with Crippen LogP contribution in [0.4, 0.5) is 0 Å². The van der Waals surface area contributed by atoms with Crippen LogP contribution in [0.3, 0.4) is 0 Å². The minimum Gasteiger partial charge on any atom is -0.391 e. The van der Waals surface area contributed by atoms with Crippen LogP contribution in [0.2, 0.25) is 0 Å². The van der Waals surface area contributed by atoms with Crippen molar-refractivity contribution in [3.63, 3.8) is 0 Å². The fourth-order valence-corrected chi connectivity index (χ4v) is 5.37. The number of carbonyl (C=O) groups is 3. The Balaban J connectivity index is 1.47. The molecule has 10 heteroatoms. The normalized spacial score (nSPS) is 16.0. The average Bonchev–Trinajstić information content (AvgIpc) is 3.55. The molecule has 0 saturated carbocycles. The smallest absolute Gasteiger partial charge is 0.259 e. The molecule has 208 valence electrons. The Labute approximate surface area is 230 Å². The molecule has 0 spiro atoms. The molecule has 4 aromatic rings. The van der Waals surface area contributed by atoms with Gasteiger partial charge in [0.05, 0.1) is 29.5 Å². The number of aliphatic hydroxyl groups excluding tert-OH is 3. The number of para-hydroxylation sites is 2. The number of aryl methyl sites for hydroxylation is 1. The fraction of sp³-hybridized carbons (Fsp3) is 0.300. The van der Waals surface area contributed by atoms with Gasteiger partial charge in [-0.25, -0.2) is 0 Å². The summed E-state index contributed by atoms with van der Waals surface area (Å²) < 4.78 is 3.76. The first-order valence-corrected chi connectivity index (χ1v) is 13.2. The van der Waals surface area contributed by atoms with Gasteiger partial charge in [0.15, 0.2) is 0 Å². The molecule has 40 heavy (non-hydrogen) atoms. The summed E-state index contributed by atoms with van der Waals surface area (Å²) in [4.78, 5) is 37.4. The van der Waals surface area contributed by atoms with E-state index in [4.69, 9.17) is 0 Å². The van der Waals surface area contributed by atoms with Crippen molar-refractivity contribution in [3.8, 4) is 0 Å². The maximum atomic E-state index is 13.2. The molecule has 5 N–H and O–H groups in total. The first kappa shape index (κ1) is 27.3. The van der Waals surface area contributed by atoms with Gasteiger partial charge in [-0.3, -0.25) is 19.7 Å². The van der Waals surface area contributed by atoms with Crippen molar-refractivity contribution in [2.24, 2.45) is 7.05 Å². The third-order valence-corrected chi connectivity index (χ3v) is 7.36. The summed E-state index contributed by atoms with van der Waals surface area (Å²) in [5, 5.41) is 37.6. The molecular weight excluding hydrogens is 512 g/mol. The van der Waals surface area contributed by atoms with Gasteiger partial charge in [-0.15, -0.1) is 0 Å². The van der Waals surface area contributed by atoms with Crippen molar-refractivity contribution in [1.29, 1.82) is 0 Å². The van der Waals surface area contributed by atoms with Crippen molar-refractivity contribution in [1.82, 2.24) is 19.8 Å². The standard InChI is InChI=1S/C30H32N4O6/c1-17(35)31-13-26(38)25(37)12-11-18(36)14-34-16-22(20-8-4-6-10-24(20)34)28-27(29(39)32-30(28)40)21-15-33(2)23-9-5-3-7-19(21)23/h3-10,15-16,18,25-26,36-38H,11-14H2,1-2H3,(H,31,35)(H,32,39,40)/t18?,25-,26+/m0/s1. The fourth-order valence-electron chi connectivity index (χ4n) is 5.37. The second-order valence-corrected chi connectivity index (χ2v) is 10.2.